The number of halogens is 2. The summed E-state index contributed by atoms with van der Waals surface area (Å²) < 4.78 is 0. The molecule has 1 saturated heterocycles. The van der Waals surface area contributed by atoms with Gasteiger partial charge in [-0.1, -0.05) is 60.0 Å². The fraction of sp³-hybridized carbons (Fsp3) is 0.450. The van der Waals surface area contributed by atoms with Gasteiger partial charge in [0, 0.05) is 12.0 Å². The van der Waals surface area contributed by atoms with Crippen LogP contribution in [0.4, 0.5) is 0 Å². The third-order valence-corrected chi connectivity index (χ3v) is 6.03. The molecule has 1 fully saturated rings. The average Bonchev–Trinajstić information content (AvgIpc) is 2.63. The smallest absolute Gasteiger partial charge is 0.253 e. The van der Waals surface area contributed by atoms with Gasteiger partial charge in [-0.05, 0) is 45.0 Å². The standard InChI is InChI=1S/C20H24Cl2N2O/c1-24-13-6-5-12-17(24)19(14-8-3-2-4-9-14)23-20(25)15-10-7-11-16(21)18(15)22/h2-4,7-8,10-11,14,17,19H,5-6,9,12-13H2,1H3,(H,23,25)/t14?,17-,19-/m0/s1. The molecule has 5 heteroatoms. The van der Waals surface area contributed by atoms with Crippen LogP contribution in [0.1, 0.15) is 36.0 Å². The van der Waals surface area contributed by atoms with E-state index >= 15 is 0 Å². The van der Waals surface area contributed by atoms with E-state index in [1.54, 1.807) is 18.2 Å². The Bertz CT molecular complexity index is 686. The van der Waals surface area contributed by atoms with Gasteiger partial charge in [0.2, 0.25) is 0 Å². The van der Waals surface area contributed by atoms with E-state index in [2.05, 4.69) is 41.6 Å². The van der Waals surface area contributed by atoms with E-state index in [0.717, 1.165) is 19.4 Å². The Morgan fingerprint density at radius 1 is 1.28 bits per heavy atom. The zero-order valence-corrected chi connectivity index (χ0v) is 15.9. The average molecular weight is 379 g/mol. The van der Waals surface area contributed by atoms with Crippen LogP contribution in [0, 0.1) is 5.92 Å². The summed E-state index contributed by atoms with van der Waals surface area (Å²) in [6.07, 6.45) is 13.0. The molecule has 1 aliphatic heterocycles. The van der Waals surface area contributed by atoms with Crippen molar-refractivity contribution in [2.45, 2.75) is 37.8 Å². The predicted octanol–water partition coefficient (Wildman–Crippen LogP) is 4.71. The molecule has 1 aromatic carbocycles. The molecule has 0 spiro atoms. The zero-order valence-electron chi connectivity index (χ0n) is 14.4. The number of nitrogens with one attached hydrogen (secondary N) is 1. The summed E-state index contributed by atoms with van der Waals surface area (Å²) in [5.74, 6) is 0.136. The minimum absolute atomic E-state index is 0.0500. The molecule has 0 radical (unpaired) electrons. The first kappa shape index (κ1) is 18.5. The molecular formula is C20H24Cl2N2O. The molecule has 0 saturated carbocycles. The van der Waals surface area contributed by atoms with Gasteiger partial charge >= 0.3 is 0 Å². The summed E-state index contributed by atoms with van der Waals surface area (Å²) in [6.45, 7) is 1.07. The van der Waals surface area contributed by atoms with Crippen LogP contribution in [-0.2, 0) is 0 Å². The number of likely N-dealkylation sites (tertiary alicyclic amines) is 1. The third kappa shape index (κ3) is 4.28. The number of piperidine rings is 1. The van der Waals surface area contributed by atoms with Crippen LogP contribution in [0.25, 0.3) is 0 Å². The van der Waals surface area contributed by atoms with E-state index in [9.17, 15) is 4.79 Å². The summed E-state index contributed by atoms with van der Waals surface area (Å²) >= 11 is 12.3. The van der Waals surface area contributed by atoms with Crippen molar-refractivity contribution in [3.8, 4) is 0 Å². The number of hydrogen-bond acceptors (Lipinski definition) is 2. The van der Waals surface area contributed by atoms with E-state index in [1.165, 1.54) is 12.8 Å². The lowest BCUT2D eigenvalue weighted by Gasteiger charge is -2.41. The lowest BCUT2D eigenvalue weighted by atomic mass is 9.83. The Morgan fingerprint density at radius 2 is 2.12 bits per heavy atom. The second kappa shape index (κ2) is 8.39. The van der Waals surface area contributed by atoms with Crippen molar-refractivity contribution >= 4 is 29.1 Å². The van der Waals surface area contributed by atoms with Gasteiger partial charge in [-0.25, -0.2) is 0 Å². The second-order valence-electron chi connectivity index (χ2n) is 6.86. The summed E-state index contributed by atoms with van der Waals surface area (Å²) in [5.41, 5.74) is 0.438. The van der Waals surface area contributed by atoms with Gasteiger partial charge < -0.3 is 10.2 Å². The van der Waals surface area contributed by atoms with Gasteiger partial charge in [-0.15, -0.1) is 0 Å². The van der Waals surface area contributed by atoms with E-state index in [4.69, 9.17) is 23.2 Å². The minimum Gasteiger partial charge on any atom is -0.347 e. The van der Waals surface area contributed by atoms with Gasteiger partial charge in [-0.2, -0.15) is 0 Å². The topological polar surface area (TPSA) is 32.3 Å². The van der Waals surface area contributed by atoms with Crippen LogP contribution in [-0.4, -0.2) is 36.5 Å². The number of likely N-dealkylation sites (N-methyl/N-ethyl adjacent to an activating group) is 1. The molecule has 1 aromatic rings. The van der Waals surface area contributed by atoms with Gasteiger partial charge in [0.1, 0.15) is 0 Å². The summed E-state index contributed by atoms with van der Waals surface area (Å²) in [5, 5.41) is 3.98. The molecular weight excluding hydrogens is 355 g/mol. The Kier molecular flexibility index (Phi) is 6.21. The normalized spacial score (nSPS) is 24.9. The highest BCUT2D eigenvalue weighted by molar-refractivity contribution is 6.43. The Morgan fingerprint density at radius 3 is 2.84 bits per heavy atom. The molecule has 3 rings (SSSR count). The Hall–Kier alpha value is -1.29. The van der Waals surface area contributed by atoms with Crippen molar-refractivity contribution in [2.75, 3.05) is 13.6 Å². The van der Waals surface area contributed by atoms with Crippen molar-refractivity contribution < 1.29 is 4.79 Å². The number of amides is 1. The Balaban J connectivity index is 1.83. The zero-order chi connectivity index (χ0) is 17.8. The van der Waals surface area contributed by atoms with Crippen LogP contribution in [0.5, 0.6) is 0 Å². The van der Waals surface area contributed by atoms with Crippen LogP contribution < -0.4 is 5.32 Å². The first-order valence-electron chi connectivity index (χ1n) is 8.86. The van der Waals surface area contributed by atoms with Crippen LogP contribution in [0.2, 0.25) is 10.0 Å². The van der Waals surface area contributed by atoms with Crippen molar-refractivity contribution in [1.82, 2.24) is 10.2 Å². The molecule has 3 atom stereocenters. The first-order valence-corrected chi connectivity index (χ1v) is 9.62. The maximum absolute atomic E-state index is 12.9. The van der Waals surface area contributed by atoms with Crippen molar-refractivity contribution in [3.05, 3.63) is 58.1 Å². The minimum atomic E-state index is -0.153. The number of rotatable bonds is 4. The van der Waals surface area contributed by atoms with Gasteiger partial charge in [0.25, 0.3) is 5.91 Å². The van der Waals surface area contributed by atoms with Gasteiger partial charge in [0.05, 0.1) is 21.7 Å². The highest BCUT2D eigenvalue weighted by atomic mass is 35.5. The highest BCUT2D eigenvalue weighted by Gasteiger charge is 2.34. The number of carbonyl (C=O) groups excluding carboxylic acids is 1. The molecule has 1 aliphatic carbocycles. The summed E-state index contributed by atoms with van der Waals surface area (Å²) in [7, 11) is 2.15. The lowest BCUT2D eigenvalue weighted by molar-refractivity contribution is 0.0831. The molecule has 1 amide bonds. The summed E-state index contributed by atoms with van der Waals surface area (Å²) in [6, 6.07) is 5.56. The van der Waals surface area contributed by atoms with Crippen molar-refractivity contribution in [3.63, 3.8) is 0 Å². The van der Waals surface area contributed by atoms with E-state index in [1.807, 2.05) is 0 Å². The molecule has 1 heterocycles. The second-order valence-corrected chi connectivity index (χ2v) is 7.64. The maximum atomic E-state index is 12.9. The Labute approximate surface area is 159 Å². The number of hydrogen-bond donors (Lipinski definition) is 1. The van der Waals surface area contributed by atoms with Crippen LogP contribution in [0.3, 0.4) is 0 Å². The third-order valence-electron chi connectivity index (χ3n) is 5.21. The van der Waals surface area contributed by atoms with E-state index in [0.29, 0.717) is 21.7 Å². The number of nitrogens with zero attached hydrogens (tertiary/aromatic N) is 1. The first-order chi connectivity index (χ1) is 12.1. The SMILES string of the molecule is CN1CCCC[C@H]1[C@@H](NC(=O)c1cccc(Cl)c1Cl)C1C=CC=CC1. The number of carbonyl (C=O) groups is 1. The van der Waals surface area contributed by atoms with E-state index < -0.39 is 0 Å². The predicted molar refractivity (Wildman–Crippen MR) is 104 cm³/mol. The largest absolute Gasteiger partial charge is 0.347 e. The fourth-order valence-electron chi connectivity index (χ4n) is 3.82. The lowest BCUT2D eigenvalue weighted by Crippen LogP contribution is -2.55. The number of allylic oxidation sites excluding steroid dienone is 3. The monoisotopic (exact) mass is 378 g/mol. The van der Waals surface area contributed by atoms with E-state index in [-0.39, 0.29) is 17.9 Å². The molecule has 2 aliphatic rings. The van der Waals surface area contributed by atoms with Gasteiger partial charge in [0.15, 0.2) is 0 Å². The molecule has 1 N–H and O–H groups in total. The molecule has 1 unspecified atom stereocenters. The molecule has 134 valence electrons. The highest BCUT2D eigenvalue weighted by Crippen LogP contribution is 2.29. The van der Waals surface area contributed by atoms with Crippen molar-refractivity contribution in [1.29, 1.82) is 0 Å². The molecule has 0 aromatic heterocycles. The van der Waals surface area contributed by atoms with Gasteiger partial charge in [-0.3, -0.25) is 4.79 Å². The maximum Gasteiger partial charge on any atom is 0.253 e. The number of benzene rings is 1. The molecule has 25 heavy (non-hydrogen) atoms. The van der Waals surface area contributed by atoms with Crippen molar-refractivity contribution in [2.24, 2.45) is 5.92 Å². The summed E-state index contributed by atoms with van der Waals surface area (Å²) in [4.78, 5) is 15.3. The molecule has 3 nitrogen and oxygen atoms in total. The quantitative estimate of drug-likeness (QED) is 0.822. The fourth-order valence-corrected chi connectivity index (χ4v) is 4.20. The van der Waals surface area contributed by atoms with Crippen LogP contribution in [0.15, 0.2) is 42.5 Å². The van der Waals surface area contributed by atoms with Crippen LogP contribution >= 0.6 is 23.2 Å². The molecule has 0 bridgehead atoms.